The fraction of sp³-hybridized carbons (Fsp3) is 0.316. The molecule has 6 nitrogen and oxygen atoms in total. The number of hydrogen-bond acceptors (Lipinski definition) is 4. The molecule has 0 aromatic heterocycles. The van der Waals surface area contributed by atoms with Gasteiger partial charge in [-0.1, -0.05) is 12.1 Å². The van der Waals surface area contributed by atoms with Gasteiger partial charge >= 0.3 is 0 Å². The van der Waals surface area contributed by atoms with Crippen molar-refractivity contribution < 1.29 is 26.4 Å². The van der Waals surface area contributed by atoms with Crippen LogP contribution < -0.4 is 9.62 Å². The third-order valence-electron chi connectivity index (χ3n) is 4.66. The summed E-state index contributed by atoms with van der Waals surface area (Å²) in [6.07, 6.45) is -0.0807. The summed E-state index contributed by atoms with van der Waals surface area (Å²) in [5.74, 6) is -2.98. The van der Waals surface area contributed by atoms with Crippen LogP contribution >= 0.6 is 0 Å². The van der Waals surface area contributed by atoms with E-state index in [0.717, 1.165) is 12.1 Å². The van der Waals surface area contributed by atoms with Crippen LogP contribution in [0, 0.1) is 17.5 Å². The van der Waals surface area contributed by atoms with E-state index < -0.39 is 26.6 Å². The molecule has 156 valence electrons. The van der Waals surface area contributed by atoms with Crippen LogP contribution in [0.1, 0.15) is 6.42 Å². The number of nitrogens with one attached hydrogen (secondary N) is 1. The van der Waals surface area contributed by atoms with Gasteiger partial charge in [-0.3, -0.25) is 4.79 Å². The van der Waals surface area contributed by atoms with Crippen molar-refractivity contribution in [2.75, 3.05) is 37.6 Å². The summed E-state index contributed by atoms with van der Waals surface area (Å²) in [6, 6.07) is 8.68. The van der Waals surface area contributed by atoms with Crippen LogP contribution in [0.4, 0.5) is 18.9 Å². The maximum atomic E-state index is 13.9. The van der Waals surface area contributed by atoms with Gasteiger partial charge in [0.15, 0.2) is 11.6 Å². The second-order valence-corrected chi connectivity index (χ2v) is 8.31. The van der Waals surface area contributed by atoms with E-state index in [1.165, 1.54) is 6.07 Å². The van der Waals surface area contributed by atoms with Gasteiger partial charge in [0.1, 0.15) is 5.82 Å². The smallest absolute Gasteiger partial charge is 0.240 e. The number of carbonyl (C=O) groups is 1. The topological polar surface area (TPSA) is 69.7 Å². The SMILES string of the molecule is O=C(CCNS(=O)(=O)c1ccc(F)c(F)c1)N1CCN(c2ccccc2F)CC1. The van der Waals surface area contributed by atoms with Gasteiger partial charge in [-0.05, 0) is 30.3 Å². The summed E-state index contributed by atoms with van der Waals surface area (Å²) in [4.78, 5) is 15.3. The summed E-state index contributed by atoms with van der Waals surface area (Å²) in [5, 5.41) is 0. The lowest BCUT2D eigenvalue weighted by Crippen LogP contribution is -2.49. The Kier molecular flexibility index (Phi) is 6.43. The van der Waals surface area contributed by atoms with Gasteiger partial charge in [-0.2, -0.15) is 0 Å². The Morgan fingerprint density at radius 1 is 0.931 bits per heavy atom. The van der Waals surface area contributed by atoms with Crippen LogP contribution in [0.25, 0.3) is 0 Å². The third-order valence-corrected chi connectivity index (χ3v) is 6.12. The van der Waals surface area contributed by atoms with Crippen molar-refractivity contribution in [2.45, 2.75) is 11.3 Å². The van der Waals surface area contributed by atoms with E-state index >= 15 is 0 Å². The summed E-state index contributed by atoms with van der Waals surface area (Å²) in [5.41, 5.74) is 0.485. The van der Waals surface area contributed by atoms with Crippen LogP contribution in [-0.4, -0.2) is 51.9 Å². The molecule has 10 heteroatoms. The van der Waals surface area contributed by atoms with E-state index in [2.05, 4.69) is 4.72 Å². The van der Waals surface area contributed by atoms with Crippen LogP contribution in [0.2, 0.25) is 0 Å². The summed E-state index contributed by atoms with van der Waals surface area (Å²) < 4.78 is 66.5. The number of rotatable bonds is 6. The number of hydrogen-bond donors (Lipinski definition) is 1. The molecule has 0 saturated carbocycles. The molecule has 0 spiro atoms. The number of amides is 1. The molecule has 1 aliphatic rings. The fourth-order valence-corrected chi connectivity index (χ4v) is 4.13. The van der Waals surface area contributed by atoms with Crippen LogP contribution in [-0.2, 0) is 14.8 Å². The number of para-hydroxylation sites is 1. The molecule has 1 amide bonds. The molecule has 1 fully saturated rings. The van der Waals surface area contributed by atoms with E-state index in [1.54, 1.807) is 23.1 Å². The molecular formula is C19H20F3N3O3S. The fourth-order valence-electron chi connectivity index (χ4n) is 3.08. The van der Waals surface area contributed by atoms with Crippen molar-refractivity contribution in [3.05, 3.63) is 59.9 Å². The van der Waals surface area contributed by atoms with Crippen molar-refractivity contribution in [1.29, 1.82) is 0 Å². The first-order chi connectivity index (χ1) is 13.8. The Hall–Kier alpha value is -2.59. The van der Waals surface area contributed by atoms with Gasteiger partial charge in [-0.15, -0.1) is 0 Å². The Morgan fingerprint density at radius 3 is 2.28 bits per heavy atom. The van der Waals surface area contributed by atoms with Crippen molar-refractivity contribution in [3.63, 3.8) is 0 Å². The quantitative estimate of drug-likeness (QED) is 0.767. The zero-order valence-corrected chi connectivity index (χ0v) is 16.3. The Balaban J connectivity index is 1.49. The first-order valence-electron chi connectivity index (χ1n) is 9.00. The minimum atomic E-state index is -4.05. The van der Waals surface area contributed by atoms with Gasteiger partial charge in [0.05, 0.1) is 10.6 Å². The molecule has 2 aromatic rings. The normalized spacial score (nSPS) is 14.9. The second kappa shape index (κ2) is 8.83. The zero-order chi connectivity index (χ0) is 21.0. The largest absolute Gasteiger partial charge is 0.366 e. The Morgan fingerprint density at radius 2 is 1.62 bits per heavy atom. The van der Waals surface area contributed by atoms with Crippen molar-refractivity contribution in [1.82, 2.24) is 9.62 Å². The lowest BCUT2D eigenvalue weighted by atomic mass is 10.2. The molecule has 0 aliphatic carbocycles. The molecule has 0 radical (unpaired) electrons. The highest BCUT2D eigenvalue weighted by atomic mass is 32.2. The predicted octanol–water partition coefficient (Wildman–Crippen LogP) is 2.12. The Bertz CT molecular complexity index is 993. The third kappa shape index (κ3) is 5.07. The average Bonchev–Trinajstić information content (AvgIpc) is 2.70. The van der Waals surface area contributed by atoms with E-state index in [9.17, 15) is 26.4 Å². The molecule has 1 aliphatic heterocycles. The minimum Gasteiger partial charge on any atom is -0.366 e. The molecule has 0 atom stereocenters. The summed E-state index contributed by atoms with van der Waals surface area (Å²) >= 11 is 0. The van der Waals surface area contributed by atoms with Crippen LogP contribution in [0.3, 0.4) is 0 Å². The second-order valence-electron chi connectivity index (χ2n) is 6.54. The van der Waals surface area contributed by atoms with Crippen molar-refractivity contribution >= 4 is 21.6 Å². The lowest BCUT2D eigenvalue weighted by molar-refractivity contribution is -0.131. The molecule has 3 rings (SSSR count). The number of benzene rings is 2. The molecule has 29 heavy (non-hydrogen) atoms. The molecule has 1 N–H and O–H groups in total. The maximum Gasteiger partial charge on any atom is 0.240 e. The van der Waals surface area contributed by atoms with Crippen molar-refractivity contribution in [3.8, 4) is 0 Å². The van der Waals surface area contributed by atoms with Gasteiger partial charge in [0.25, 0.3) is 0 Å². The first kappa shape index (κ1) is 21.1. The summed E-state index contributed by atoms with van der Waals surface area (Å²) in [6.45, 7) is 1.54. The number of piperazine rings is 1. The maximum absolute atomic E-state index is 13.9. The van der Waals surface area contributed by atoms with Crippen LogP contribution in [0.15, 0.2) is 47.4 Å². The van der Waals surface area contributed by atoms with E-state index in [4.69, 9.17) is 0 Å². The monoisotopic (exact) mass is 427 g/mol. The highest BCUT2D eigenvalue weighted by Gasteiger charge is 2.23. The predicted molar refractivity (Wildman–Crippen MR) is 101 cm³/mol. The number of carbonyl (C=O) groups excluding carboxylic acids is 1. The first-order valence-corrected chi connectivity index (χ1v) is 10.5. The number of halogens is 3. The number of sulfonamides is 1. The van der Waals surface area contributed by atoms with Gasteiger partial charge in [0, 0.05) is 39.1 Å². The molecule has 2 aromatic carbocycles. The van der Waals surface area contributed by atoms with E-state index in [1.807, 2.05) is 4.90 Å². The van der Waals surface area contributed by atoms with Gasteiger partial charge in [-0.25, -0.2) is 26.3 Å². The number of anilines is 1. The molecule has 0 bridgehead atoms. The van der Waals surface area contributed by atoms with Gasteiger partial charge < -0.3 is 9.80 Å². The lowest BCUT2D eigenvalue weighted by Gasteiger charge is -2.36. The molecule has 1 heterocycles. The molecule has 0 unspecified atom stereocenters. The van der Waals surface area contributed by atoms with Gasteiger partial charge in [0.2, 0.25) is 15.9 Å². The summed E-state index contributed by atoms with van der Waals surface area (Å²) in [7, 11) is -4.05. The molecule has 1 saturated heterocycles. The Labute approximate surface area is 167 Å². The van der Waals surface area contributed by atoms with Crippen molar-refractivity contribution in [2.24, 2.45) is 0 Å². The number of nitrogens with zero attached hydrogens (tertiary/aromatic N) is 2. The average molecular weight is 427 g/mol. The van der Waals surface area contributed by atoms with E-state index in [0.29, 0.717) is 37.9 Å². The highest BCUT2D eigenvalue weighted by Crippen LogP contribution is 2.20. The zero-order valence-electron chi connectivity index (χ0n) is 15.4. The van der Waals surface area contributed by atoms with Crippen LogP contribution in [0.5, 0.6) is 0 Å². The van der Waals surface area contributed by atoms with E-state index in [-0.39, 0.29) is 24.7 Å². The standard InChI is InChI=1S/C19H20F3N3O3S/c20-15-6-5-14(13-17(15)22)29(27,28)23-8-7-19(26)25-11-9-24(10-12-25)18-4-2-1-3-16(18)21/h1-6,13,23H,7-12H2. The highest BCUT2D eigenvalue weighted by molar-refractivity contribution is 7.89. The molecular weight excluding hydrogens is 407 g/mol. The minimum absolute atomic E-state index is 0.0807.